The van der Waals surface area contributed by atoms with E-state index in [1.165, 1.54) is 18.9 Å². The number of rotatable bonds is 13. The van der Waals surface area contributed by atoms with Gasteiger partial charge in [-0.25, -0.2) is 0 Å². The van der Waals surface area contributed by atoms with Crippen molar-refractivity contribution in [2.45, 2.75) is 52.4 Å². The van der Waals surface area contributed by atoms with Gasteiger partial charge in [-0.15, -0.1) is 0 Å². The van der Waals surface area contributed by atoms with Crippen LogP contribution in [-0.4, -0.2) is 48.0 Å². The standard InChI is InChI=1S/C23H30BrNO5S2/c1-4-6-12-30-21-17(24)13-16(14-18(21)29-5-2)15-19-22(27)25(23(31)32-19)11-9-7-8-10-20(26)28-3/h13-15H,4-12H2,1-3H3/b19-15-. The maximum Gasteiger partial charge on any atom is 0.305 e. The number of hydrogen-bond donors (Lipinski definition) is 0. The molecule has 0 aliphatic carbocycles. The van der Waals surface area contributed by atoms with Crippen LogP contribution in [0, 0.1) is 0 Å². The van der Waals surface area contributed by atoms with Gasteiger partial charge in [0.05, 0.1) is 29.7 Å². The molecular weight excluding hydrogens is 514 g/mol. The summed E-state index contributed by atoms with van der Waals surface area (Å²) in [7, 11) is 1.39. The van der Waals surface area contributed by atoms with E-state index >= 15 is 0 Å². The Kier molecular flexibility index (Phi) is 11.5. The van der Waals surface area contributed by atoms with E-state index in [1.54, 1.807) is 4.90 Å². The summed E-state index contributed by atoms with van der Waals surface area (Å²) in [6, 6.07) is 3.80. The highest BCUT2D eigenvalue weighted by molar-refractivity contribution is 9.10. The number of halogens is 1. The van der Waals surface area contributed by atoms with E-state index < -0.39 is 0 Å². The third-order valence-corrected chi connectivity index (χ3v) is 6.70. The van der Waals surface area contributed by atoms with Gasteiger partial charge >= 0.3 is 5.97 Å². The fourth-order valence-corrected chi connectivity index (χ4v) is 4.94. The van der Waals surface area contributed by atoms with Crippen molar-refractivity contribution < 1.29 is 23.8 Å². The van der Waals surface area contributed by atoms with Crippen LogP contribution in [0.3, 0.4) is 0 Å². The number of ether oxygens (including phenoxy) is 3. The Bertz CT molecular complexity index is 859. The van der Waals surface area contributed by atoms with Crippen molar-refractivity contribution in [2.24, 2.45) is 0 Å². The molecule has 9 heteroatoms. The van der Waals surface area contributed by atoms with E-state index in [0.717, 1.165) is 42.1 Å². The number of thiocarbonyl (C=S) groups is 1. The van der Waals surface area contributed by atoms with Crippen LogP contribution in [0.2, 0.25) is 0 Å². The summed E-state index contributed by atoms with van der Waals surface area (Å²) < 4.78 is 17.7. The Morgan fingerprint density at radius 3 is 2.66 bits per heavy atom. The predicted octanol–water partition coefficient (Wildman–Crippen LogP) is 5.96. The number of carbonyl (C=O) groups excluding carboxylic acids is 2. The molecule has 32 heavy (non-hydrogen) atoms. The van der Waals surface area contributed by atoms with Crippen LogP contribution in [0.25, 0.3) is 6.08 Å². The van der Waals surface area contributed by atoms with Gasteiger partial charge in [-0.3, -0.25) is 14.5 Å². The first-order valence-electron chi connectivity index (χ1n) is 10.8. The molecule has 1 aliphatic rings. The quantitative estimate of drug-likeness (QED) is 0.131. The topological polar surface area (TPSA) is 65.1 Å². The van der Waals surface area contributed by atoms with Gasteiger partial charge in [-0.2, -0.15) is 0 Å². The molecule has 1 aromatic rings. The number of esters is 1. The molecule has 1 saturated heterocycles. The average molecular weight is 545 g/mol. The average Bonchev–Trinajstić information content (AvgIpc) is 3.02. The number of hydrogen-bond acceptors (Lipinski definition) is 7. The first-order chi connectivity index (χ1) is 15.4. The van der Waals surface area contributed by atoms with E-state index in [0.29, 0.717) is 46.9 Å². The van der Waals surface area contributed by atoms with Crippen LogP contribution in [0.5, 0.6) is 11.5 Å². The van der Waals surface area contributed by atoms with Crippen LogP contribution in [-0.2, 0) is 14.3 Å². The fraction of sp³-hybridized carbons (Fsp3) is 0.522. The minimum Gasteiger partial charge on any atom is -0.490 e. The van der Waals surface area contributed by atoms with Crippen molar-refractivity contribution in [1.29, 1.82) is 0 Å². The second kappa shape index (κ2) is 13.9. The number of benzene rings is 1. The molecule has 0 N–H and O–H groups in total. The maximum absolute atomic E-state index is 12.9. The van der Waals surface area contributed by atoms with Gasteiger partial charge in [-0.1, -0.05) is 43.7 Å². The van der Waals surface area contributed by atoms with E-state index in [2.05, 4.69) is 27.6 Å². The van der Waals surface area contributed by atoms with Gasteiger partial charge in [0.15, 0.2) is 11.5 Å². The van der Waals surface area contributed by atoms with Crippen molar-refractivity contribution in [2.75, 3.05) is 26.9 Å². The van der Waals surface area contributed by atoms with Crippen molar-refractivity contribution in [3.05, 3.63) is 27.1 Å². The largest absolute Gasteiger partial charge is 0.490 e. The van der Waals surface area contributed by atoms with Crippen molar-refractivity contribution in [3.8, 4) is 11.5 Å². The first kappa shape index (κ1) is 26.7. The van der Waals surface area contributed by atoms with Crippen LogP contribution < -0.4 is 9.47 Å². The Morgan fingerprint density at radius 1 is 1.19 bits per heavy atom. The lowest BCUT2D eigenvalue weighted by atomic mass is 10.1. The van der Waals surface area contributed by atoms with Gasteiger partial charge < -0.3 is 14.2 Å². The highest BCUT2D eigenvalue weighted by Gasteiger charge is 2.31. The van der Waals surface area contributed by atoms with Gasteiger partial charge in [0.1, 0.15) is 4.32 Å². The zero-order chi connectivity index (χ0) is 23.5. The summed E-state index contributed by atoms with van der Waals surface area (Å²) in [5, 5.41) is 0. The summed E-state index contributed by atoms with van der Waals surface area (Å²) in [5.74, 6) is 1.02. The van der Waals surface area contributed by atoms with Gasteiger partial charge in [0.25, 0.3) is 5.91 Å². The molecular formula is C23H30BrNO5S2. The summed E-state index contributed by atoms with van der Waals surface area (Å²) in [6.45, 7) is 5.71. The SMILES string of the molecule is CCCCOc1c(Br)cc(/C=C2\SC(=S)N(CCCCCC(=O)OC)C2=O)cc1OCC. The summed E-state index contributed by atoms with van der Waals surface area (Å²) in [6.07, 6.45) is 6.58. The summed E-state index contributed by atoms with van der Waals surface area (Å²) in [4.78, 5) is 26.3. The number of amides is 1. The Hall–Kier alpha value is -1.58. The predicted molar refractivity (Wildman–Crippen MR) is 136 cm³/mol. The summed E-state index contributed by atoms with van der Waals surface area (Å²) >= 11 is 10.3. The van der Waals surface area contributed by atoms with E-state index in [-0.39, 0.29) is 11.9 Å². The molecule has 1 aliphatic heterocycles. The third kappa shape index (κ3) is 7.78. The Balaban J connectivity index is 2.06. The van der Waals surface area contributed by atoms with Crippen molar-refractivity contribution in [3.63, 3.8) is 0 Å². The lowest BCUT2D eigenvalue weighted by Crippen LogP contribution is -2.29. The molecule has 6 nitrogen and oxygen atoms in total. The molecule has 0 aromatic heterocycles. The third-order valence-electron chi connectivity index (χ3n) is 4.74. The lowest BCUT2D eigenvalue weighted by molar-refractivity contribution is -0.140. The van der Waals surface area contributed by atoms with Gasteiger partial charge in [-0.05, 0) is 65.9 Å². The molecule has 2 rings (SSSR count). The van der Waals surface area contributed by atoms with Crippen LogP contribution in [0.15, 0.2) is 21.5 Å². The number of nitrogens with zero attached hydrogens (tertiary/aromatic N) is 1. The monoisotopic (exact) mass is 543 g/mol. The van der Waals surface area contributed by atoms with Gasteiger partial charge in [0, 0.05) is 13.0 Å². The molecule has 1 heterocycles. The number of methoxy groups -OCH3 is 1. The van der Waals surface area contributed by atoms with E-state index in [1.807, 2.05) is 25.1 Å². The minimum atomic E-state index is -0.210. The van der Waals surface area contributed by atoms with Crippen LogP contribution >= 0.6 is 39.9 Å². The highest BCUT2D eigenvalue weighted by atomic mass is 79.9. The molecule has 0 saturated carbocycles. The fourth-order valence-electron chi connectivity index (χ4n) is 3.06. The molecule has 0 spiro atoms. The number of unbranched alkanes of at least 4 members (excludes halogenated alkanes) is 3. The number of carbonyl (C=O) groups is 2. The molecule has 176 valence electrons. The van der Waals surface area contributed by atoms with Crippen LogP contribution in [0.4, 0.5) is 0 Å². The second-order valence-corrected chi connectivity index (χ2v) is 9.72. The number of thioether (sulfide) groups is 1. The molecule has 0 atom stereocenters. The molecule has 1 fully saturated rings. The molecule has 1 amide bonds. The zero-order valence-electron chi connectivity index (χ0n) is 18.8. The smallest absolute Gasteiger partial charge is 0.305 e. The zero-order valence-corrected chi connectivity index (χ0v) is 22.0. The Labute approximate surface area is 208 Å². The molecule has 0 radical (unpaired) electrons. The Morgan fingerprint density at radius 2 is 1.97 bits per heavy atom. The minimum absolute atomic E-state index is 0.0923. The summed E-state index contributed by atoms with van der Waals surface area (Å²) in [5.41, 5.74) is 0.835. The van der Waals surface area contributed by atoms with Crippen LogP contribution in [0.1, 0.15) is 57.9 Å². The molecule has 1 aromatic carbocycles. The lowest BCUT2D eigenvalue weighted by Gasteiger charge is -2.15. The first-order valence-corrected chi connectivity index (χ1v) is 12.8. The molecule has 0 bridgehead atoms. The second-order valence-electron chi connectivity index (χ2n) is 7.19. The normalized spacial score (nSPS) is 14.9. The van der Waals surface area contributed by atoms with Crippen molar-refractivity contribution in [1.82, 2.24) is 4.90 Å². The highest BCUT2D eigenvalue weighted by Crippen LogP contribution is 2.39. The molecule has 0 unspecified atom stereocenters. The van der Waals surface area contributed by atoms with E-state index in [9.17, 15) is 9.59 Å². The van der Waals surface area contributed by atoms with Gasteiger partial charge in [0.2, 0.25) is 0 Å². The van der Waals surface area contributed by atoms with Crippen molar-refractivity contribution >= 4 is 62.2 Å². The van der Waals surface area contributed by atoms with E-state index in [4.69, 9.17) is 21.7 Å². The maximum atomic E-state index is 12.9.